The van der Waals surface area contributed by atoms with Gasteiger partial charge in [0.1, 0.15) is 5.82 Å². The highest BCUT2D eigenvalue weighted by Gasteiger charge is 2.06. The Kier molecular flexibility index (Phi) is 7.16. The Balaban J connectivity index is 1.48. The summed E-state index contributed by atoms with van der Waals surface area (Å²) in [4.78, 5) is 23.6. The van der Waals surface area contributed by atoms with Crippen molar-refractivity contribution in [3.05, 3.63) is 65.9 Å². The summed E-state index contributed by atoms with van der Waals surface area (Å²) in [6.45, 7) is 4.27. The zero-order valence-electron chi connectivity index (χ0n) is 16.3. The third-order valence-electron chi connectivity index (χ3n) is 4.35. The first-order valence-electron chi connectivity index (χ1n) is 9.63. The number of aromatic amines is 1. The lowest BCUT2D eigenvalue weighted by Gasteiger charge is -2.12. The maximum Gasteiger partial charge on any atom is 0.252 e. The van der Waals surface area contributed by atoms with Crippen LogP contribution in [0.25, 0.3) is 10.9 Å². The summed E-state index contributed by atoms with van der Waals surface area (Å²) in [6, 6.07) is 8.17. The van der Waals surface area contributed by atoms with E-state index < -0.39 is 0 Å². The van der Waals surface area contributed by atoms with Crippen molar-refractivity contribution >= 4 is 22.8 Å². The van der Waals surface area contributed by atoms with E-state index >= 15 is 0 Å². The summed E-state index contributed by atoms with van der Waals surface area (Å²) in [5.41, 5.74) is 2.48. The van der Waals surface area contributed by atoms with E-state index in [9.17, 15) is 9.18 Å². The molecule has 2 aromatic heterocycles. The number of carbonyl (C=O) groups is 1. The van der Waals surface area contributed by atoms with Crippen molar-refractivity contribution in [2.45, 2.75) is 13.3 Å². The Morgan fingerprint density at radius 2 is 2.07 bits per heavy atom. The van der Waals surface area contributed by atoms with Crippen LogP contribution < -0.4 is 16.0 Å². The number of amides is 1. The predicted molar refractivity (Wildman–Crippen MR) is 113 cm³/mol. The van der Waals surface area contributed by atoms with Gasteiger partial charge in [0.15, 0.2) is 5.96 Å². The topological polar surface area (TPSA) is 94.2 Å². The van der Waals surface area contributed by atoms with Crippen molar-refractivity contribution in [1.82, 2.24) is 25.9 Å². The van der Waals surface area contributed by atoms with Gasteiger partial charge in [0, 0.05) is 55.7 Å². The van der Waals surface area contributed by atoms with Gasteiger partial charge in [0.25, 0.3) is 5.91 Å². The number of benzene rings is 1. The van der Waals surface area contributed by atoms with Crippen LogP contribution in [0.15, 0.2) is 53.9 Å². The lowest BCUT2D eigenvalue weighted by atomic mass is 10.1. The molecule has 0 radical (unpaired) electrons. The van der Waals surface area contributed by atoms with Gasteiger partial charge < -0.3 is 20.9 Å². The molecule has 152 valence electrons. The molecule has 0 atom stereocenters. The summed E-state index contributed by atoms with van der Waals surface area (Å²) >= 11 is 0. The van der Waals surface area contributed by atoms with Gasteiger partial charge in [-0.2, -0.15) is 0 Å². The van der Waals surface area contributed by atoms with Crippen molar-refractivity contribution in [1.29, 1.82) is 0 Å². The van der Waals surface area contributed by atoms with Crippen molar-refractivity contribution in [3.8, 4) is 0 Å². The summed E-state index contributed by atoms with van der Waals surface area (Å²) in [7, 11) is 0. The molecule has 3 rings (SSSR count). The fraction of sp³-hybridized carbons (Fsp3) is 0.286. The molecule has 0 aliphatic carbocycles. The number of fused-ring (bicyclic) bond motifs is 1. The Bertz CT molecular complexity index is 970. The molecule has 2 heterocycles. The number of guanidine groups is 1. The van der Waals surface area contributed by atoms with Gasteiger partial charge in [0.2, 0.25) is 0 Å². The first kappa shape index (κ1) is 20.3. The van der Waals surface area contributed by atoms with Crippen LogP contribution in [0.3, 0.4) is 0 Å². The molecule has 4 N–H and O–H groups in total. The van der Waals surface area contributed by atoms with E-state index in [1.54, 1.807) is 30.5 Å². The van der Waals surface area contributed by atoms with Crippen LogP contribution >= 0.6 is 0 Å². The van der Waals surface area contributed by atoms with Crippen LogP contribution in [0.1, 0.15) is 22.8 Å². The Morgan fingerprint density at radius 1 is 1.21 bits per heavy atom. The van der Waals surface area contributed by atoms with Gasteiger partial charge in [-0.25, -0.2) is 4.39 Å². The van der Waals surface area contributed by atoms with E-state index in [1.807, 2.05) is 13.1 Å². The first-order chi connectivity index (χ1) is 14.2. The van der Waals surface area contributed by atoms with Crippen LogP contribution in [0, 0.1) is 5.82 Å². The Hall–Kier alpha value is -3.42. The average molecular weight is 396 g/mol. The maximum absolute atomic E-state index is 13.5. The molecule has 0 saturated heterocycles. The molecule has 1 amide bonds. The molecule has 1 aromatic carbocycles. The van der Waals surface area contributed by atoms with Crippen LogP contribution in [0.4, 0.5) is 4.39 Å². The van der Waals surface area contributed by atoms with E-state index in [0.29, 0.717) is 37.6 Å². The minimum Gasteiger partial charge on any atom is -0.361 e. The average Bonchev–Trinajstić information content (AvgIpc) is 3.13. The van der Waals surface area contributed by atoms with Crippen LogP contribution in [0.5, 0.6) is 0 Å². The molecule has 3 aromatic rings. The number of pyridine rings is 1. The molecular formula is C21H25FN6O. The normalized spacial score (nSPS) is 11.4. The second-order valence-electron chi connectivity index (χ2n) is 6.44. The highest BCUT2D eigenvalue weighted by molar-refractivity contribution is 5.93. The number of nitrogens with zero attached hydrogens (tertiary/aromatic N) is 2. The van der Waals surface area contributed by atoms with Gasteiger partial charge in [-0.15, -0.1) is 0 Å². The number of hydrogen-bond donors (Lipinski definition) is 4. The van der Waals surface area contributed by atoms with Crippen LogP contribution in [0.2, 0.25) is 0 Å². The fourth-order valence-corrected chi connectivity index (χ4v) is 2.94. The third kappa shape index (κ3) is 5.78. The fourth-order valence-electron chi connectivity index (χ4n) is 2.94. The van der Waals surface area contributed by atoms with Crippen molar-refractivity contribution in [2.24, 2.45) is 4.99 Å². The molecule has 29 heavy (non-hydrogen) atoms. The molecule has 0 fully saturated rings. The number of rotatable bonds is 8. The van der Waals surface area contributed by atoms with Crippen LogP contribution in [-0.4, -0.2) is 48.0 Å². The molecule has 7 nitrogen and oxygen atoms in total. The maximum atomic E-state index is 13.5. The van der Waals surface area contributed by atoms with Gasteiger partial charge in [-0.3, -0.25) is 14.8 Å². The Labute approximate surface area is 168 Å². The van der Waals surface area contributed by atoms with E-state index in [-0.39, 0.29) is 11.7 Å². The van der Waals surface area contributed by atoms with Crippen molar-refractivity contribution in [3.63, 3.8) is 0 Å². The molecule has 0 aliphatic rings. The van der Waals surface area contributed by atoms with Gasteiger partial charge in [-0.05, 0) is 49.2 Å². The van der Waals surface area contributed by atoms with E-state index in [4.69, 9.17) is 0 Å². The third-order valence-corrected chi connectivity index (χ3v) is 4.35. The zero-order chi connectivity index (χ0) is 20.5. The highest BCUT2D eigenvalue weighted by Crippen LogP contribution is 2.19. The summed E-state index contributed by atoms with van der Waals surface area (Å²) < 4.78 is 13.5. The number of aromatic nitrogens is 2. The standard InChI is InChI=1S/C21H25FN6O/c1-2-24-21(27-11-10-25-20(29)16-4-3-8-23-13-16)26-9-7-15-14-28-19-6-5-17(22)12-18(15)19/h3-6,8,12-14,28H,2,7,9-11H2,1H3,(H,25,29)(H2,24,26,27). The summed E-state index contributed by atoms with van der Waals surface area (Å²) in [6.07, 6.45) is 5.75. The monoisotopic (exact) mass is 396 g/mol. The van der Waals surface area contributed by atoms with Gasteiger partial charge >= 0.3 is 0 Å². The molecule has 0 unspecified atom stereocenters. The first-order valence-corrected chi connectivity index (χ1v) is 9.63. The second-order valence-corrected chi connectivity index (χ2v) is 6.44. The molecule has 0 spiro atoms. The molecule has 0 bridgehead atoms. The quantitative estimate of drug-likeness (QED) is 0.267. The molecule has 8 heteroatoms. The number of H-pyrrole nitrogens is 1. The number of nitrogens with one attached hydrogen (secondary N) is 4. The smallest absolute Gasteiger partial charge is 0.252 e. The Morgan fingerprint density at radius 3 is 2.86 bits per heavy atom. The minimum atomic E-state index is -0.245. The molecule has 0 saturated carbocycles. The largest absolute Gasteiger partial charge is 0.361 e. The number of halogens is 1. The second kappa shape index (κ2) is 10.2. The number of hydrogen-bond acceptors (Lipinski definition) is 3. The SMILES string of the molecule is CCNC(=NCCc1c[nH]c2ccc(F)cc12)NCCNC(=O)c1cccnc1. The summed E-state index contributed by atoms with van der Waals surface area (Å²) in [5, 5.41) is 10.1. The predicted octanol–water partition coefficient (Wildman–Crippen LogP) is 2.23. The highest BCUT2D eigenvalue weighted by atomic mass is 19.1. The molecular weight excluding hydrogens is 371 g/mol. The van der Waals surface area contributed by atoms with Gasteiger partial charge in [-0.1, -0.05) is 0 Å². The number of aliphatic imine (C=N–C) groups is 1. The lowest BCUT2D eigenvalue weighted by molar-refractivity contribution is 0.0954. The molecule has 0 aliphatic heterocycles. The van der Waals surface area contributed by atoms with Gasteiger partial charge in [0.05, 0.1) is 5.56 Å². The van der Waals surface area contributed by atoms with E-state index in [2.05, 4.69) is 30.9 Å². The summed E-state index contributed by atoms with van der Waals surface area (Å²) in [5.74, 6) is 0.271. The van der Waals surface area contributed by atoms with Crippen molar-refractivity contribution in [2.75, 3.05) is 26.2 Å². The van der Waals surface area contributed by atoms with E-state index in [1.165, 1.54) is 12.3 Å². The minimum absolute atomic E-state index is 0.159. The zero-order valence-corrected chi connectivity index (χ0v) is 16.3. The van der Waals surface area contributed by atoms with Crippen LogP contribution in [-0.2, 0) is 6.42 Å². The number of carbonyl (C=O) groups excluding carboxylic acids is 1. The van der Waals surface area contributed by atoms with Crippen molar-refractivity contribution < 1.29 is 9.18 Å². The van der Waals surface area contributed by atoms with E-state index in [0.717, 1.165) is 23.0 Å². The lowest BCUT2D eigenvalue weighted by Crippen LogP contribution is -2.41.